The molecule has 0 fully saturated rings. The lowest BCUT2D eigenvalue weighted by atomic mass is 9.74. The maximum atomic E-state index is 13.2. The first-order valence-electron chi connectivity index (χ1n) is 10.1. The molecule has 0 spiro atoms. The molecular weight excluding hydrogens is 352 g/mol. The van der Waals surface area contributed by atoms with E-state index in [1.807, 2.05) is 18.2 Å². The first kappa shape index (κ1) is 20.2. The van der Waals surface area contributed by atoms with Crippen LogP contribution in [0.4, 0.5) is 0 Å². The Labute approximate surface area is 165 Å². The summed E-state index contributed by atoms with van der Waals surface area (Å²) in [5, 5.41) is 0.191. The van der Waals surface area contributed by atoms with Gasteiger partial charge in [-0.2, -0.15) is 0 Å². The summed E-state index contributed by atoms with van der Waals surface area (Å²) >= 11 is 0. The fourth-order valence-electron chi connectivity index (χ4n) is 4.17. The first-order valence-corrected chi connectivity index (χ1v) is 13.1. The topological polar surface area (TPSA) is 35.5 Å². The molecule has 0 saturated heterocycles. The van der Waals surface area contributed by atoms with E-state index in [0.717, 1.165) is 42.6 Å². The number of allylic oxidation sites excluding steroid dienone is 2. The van der Waals surface area contributed by atoms with Gasteiger partial charge in [-0.3, -0.25) is 4.79 Å². The van der Waals surface area contributed by atoms with Crippen LogP contribution in [0.5, 0.6) is 5.75 Å². The van der Waals surface area contributed by atoms with Crippen LogP contribution in [0.3, 0.4) is 0 Å². The molecule has 3 nitrogen and oxygen atoms in total. The number of carbonyl (C=O) groups is 1. The Kier molecular flexibility index (Phi) is 5.32. The highest BCUT2D eigenvalue weighted by molar-refractivity contribution is 6.74. The SMILES string of the molecule is COc1ccc2c(c1)CC[C@H]([C@@H]1CCC(O[Si](C)(C)C(C)(C)C)=C1C)C2=O. The van der Waals surface area contributed by atoms with Crippen LogP contribution in [0.25, 0.3) is 0 Å². The minimum Gasteiger partial charge on any atom is -0.547 e. The Hall–Kier alpha value is -1.55. The zero-order valence-corrected chi connectivity index (χ0v) is 18.9. The Balaban J connectivity index is 1.81. The van der Waals surface area contributed by atoms with Crippen LogP contribution in [0.2, 0.25) is 18.1 Å². The third-order valence-electron chi connectivity index (χ3n) is 6.99. The van der Waals surface area contributed by atoms with Gasteiger partial charge in [0.1, 0.15) is 5.75 Å². The van der Waals surface area contributed by atoms with Gasteiger partial charge in [0.15, 0.2) is 5.78 Å². The highest BCUT2D eigenvalue weighted by atomic mass is 28.4. The van der Waals surface area contributed by atoms with Crippen molar-refractivity contribution in [3.63, 3.8) is 0 Å². The normalized spacial score (nSPS) is 23.4. The molecule has 0 aromatic heterocycles. The lowest BCUT2D eigenvalue weighted by Gasteiger charge is -2.37. The fourth-order valence-corrected chi connectivity index (χ4v) is 5.36. The summed E-state index contributed by atoms with van der Waals surface area (Å²) in [6.45, 7) is 13.6. The van der Waals surface area contributed by atoms with Crippen LogP contribution >= 0.6 is 0 Å². The zero-order valence-electron chi connectivity index (χ0n) is 17.9. The molecule has 0 bridgehead atoms. The first-order chi connectivity index (χ1) is 12.5. The highest BCUT2D eigenvalue weighted by Gasteiger charge is 2.43. The average molecular weight is 387 g/mol. The number of hydrogen-bond acceptors (Lipinski definition) is 3. The van der Waals surface area contributed by atoms with Crippen molar-refractivity contribution in [1.29, 1.82) is 0 Å². The number of ether oxygens (including phenoxy) is 1. The molecule has 148 valence electrons. The number of methoxy groups -OCH3 is 1. The number of ketones is 1. The molecule has 0 radical (unpaired) electrons. The van der Waals surface area contributed by atoms with Gasteiger partial charge < -0.3 is 9.16 Å². The van der Waals surface area contributed by atoms with Crippen molar-refractivity contribution in [1.82, 2.24) is 0 Å². The minimum absolute atomic E-state index is 0.0893. The molecule has 0 heterocycles. The van der Waals surface area contributed by atoms with Crippen LogP contribution in [-0.2, 0) is 10.8 Å². The second-order valence-corrected chi connectivity index (χ2v) is 14.4. The number of rotatable bonds is 4. The maximum Gasteiger partial charge on any atom is 0.250 e. The number of fused-ring (bicyclic) bond motifs is 1. The molecular formula is C23H34O3Si. The Morgan fingerprint density at radius 3 is 2.37 bits per heavy atom. The summed E-state index contributed by atoms with van der Waals surface area (Å²) < 4.78 is 11.9. The van der Waals surface area contributed by atoms with Gasteiger partial charge in [-0.05, 0) is 79.6 Å². The van der Waals surface area contributed by atoms with Gasteiger partial charge in [-0.1, -0.05) is 20.8 Å². The number of carbonyl (C=O) groups excluding carboxylic acids is 1. The summed E-state index contributed by atoms with van der Waals surface area (Å²) in [6, 6.07) is 5.87. The molecule has 2 aliphatic carbocycles. The summed E-state index contributed by atoms with van der Waals surface area (Å²) in [7, 11) is -0.160. The van der Waals surface area contributed by atoms with Crippen molar-refractivity contribution in [2.45, 2.75) is 71.5 Å². The fraction of sp³-hybridized carbons (Fsp3) is 0.609. The lowest BCUT2D eigenvalue weighted by molar-refractivity contribution is 0.0863. The number of Topliss-reactive ketones (excluding diaryl/α,β-unsaturated/α-hetero) is 1. The van der Waals surface area contributed by atoms with Gasteiger partial charge in [0.05, 0.1) is 12.9 Å². The Bertz CT molecular complexity index is 770. The van der Waals surface area contributed by atoms with Crippen molar-refractivity contribution in [3.05, 3.63) is 40.7 Å². The van der Waals surface area contributed by atoms with Gasteiger partial charge >= 0.3 is 0 Å². The van der Waals surface area contributed by atoms with Crippen molar-refractivity contribution in [3.8, 4) is 5.75 Å². The Morgan fingerprint density at radius 1 is 1.07 bits per heavy atom. The second kappa shape index (κ2) is 7.12. The van der Waals surface area contributed by atoms with Crippen molar-refractivity contribution < 1.29 is 14.0 Å². The van der Waals surface area contributed by atoms with Crippen LogP contribution < -0.4 is 4.74 Å². The molecule has 0 amide bonds. The van der Waals surface area contributed by atoms with Crippen LogP contribution in [0.1, 0.15) is 62.9 Å². The molecule has 1 aromatic carbocycles. The predicted octanol–water partition coefficient (Wildman–Crippen LogP) is 6.15. The van der Waals surface area contributed by atoms with Crippen LogP contribution in [0.15, 0.2) is 29.5 Å². The van der Waals surface area contributed by atoms with E-state index in [2.05, 4.69) is 40.8 Å². The summed E-state index contributed by atoms with van der Waals surface area (Å²) in [6.07, 6.45) is 3.89. The van der Waals surface area contributed by atoms with Gasteiger partial charge in [0.25, 0.3) is 0 Å². The van der Waals surface area contributed by atoms with E-state index in [1.54, 1.807) is 7.11 Å². The molecule has 0 aliphatic heterocycles. The standard InChI is InChI=1S/C23H34O3Si/c1-15-18(12-13-21(15)26-27(6,7)23(2,3)4)20-10-8-16-14-17(25-5)9-11-19(16)22(20)24/h9,11,14,18,20H,8,10,12-13H2,1-7H3/t18-,20-/m1/s1. The van der Waals surface area contributed by atoms with E-state index in [1.165, 1.54) is 11.3 Å². The summed E-state index contributed by atoms with van der Waals surface area (Å²) in [5.41, 5.74) is 3.33. The van der Waals surface area contributed by atoms with E-state index in [4.69, 9.17) is 9.16 Å². The Morgan fingerprint density at radius 2 is 1.74 bits per heavy atom. The molecule has 2 aliphatic rings. The maximum absolute atomic E-state index is 13.2. The van der Waals surface area contributed by atoms with E-state index < -0.39 is 8.32 Å². The molecule has 0 saturated carbocycles. The third-order valence-corrected chi connectivity index (χ3v) is 11.4. The molecule has 27 heavy (non-hydrogen) atoms. The molecule has 1 aromatic rings. The van der Waals surface area contributed by atoms with Gasteiger partial charge in [0.2, 0.25) is 8.32 Å². The van der Waals surface area contributed by atoms with Crippen molar-refractivity contribution in [2.24, 2.45) is 11.8 Å². The molecule has 3 rings (SSSR count). The van der Waals surface area contributed by atoms with Crippen molar-refractivity contribution in [2.75, 3.05) is 7.11 Å². The van der Waals surface area contributed by atoms with Gasteiger partial charge in [0, 0.05) is 17.9 Å². The molecule has 0 N–H and O–H groups in total. The number of benzene rings is 1. The summed E-state index contributed by atoms with van der Waals surface area (Å²) in [4.78, 5) is 13.2. The molecule has 4 heteroatoms. The highest BCUT2D eigenvalue weighted by Crippen LogP contribution is 2.46. The third kappa shape index (κ3) is 3.73. The smallest absolute Gasteiger partial charge is 0.250 e. The average Bonchev–Trinajstić information content (AvgIpc) is 2.94. The van der Waals surface area contributed by atoms with Crippen LogP contribution in [0, 0.1) is 11.8 Å². The summed E-state index contributed by atoms with van der Waals surface area (Å²) in [5.74, 6) is 2.72. The quantitative estimate of drug-likeness (QED) is 0.583. The van der Waals surface area contributed by atoms with Gasteiger partial charge in [-0.15, -0.1) is 0 Å². The largest absolute Gasteiger partial charge is 0.547 e. The van der Waals surface area contributed by atoms with E-state index in [0.29, 0.717) is 11.7 Å². The van der Waals surface area contributed by atoms with Crippen LogP contribution in [-0.4, -0.2) is 21.2 Å². The van der Waals surface area contributed by atoms with E-state index >= 15 is 0 Å². The molecule has 0 unspecified atom stereocenters. The van der Waals surface area contributed by atoms with Crippen molar-refractivity contribution >= 4 is 14.1 Å². The number of aryl methyl sites for hydroxylation is 1. The van der Waals surface area contributed by atoms with Gasteiger partial charge in [-0.25, -0.2) is 0 Å². The van der Waals surface area contributed by atoms with E-state index in [9.17, 15) is 4.79 Å². The minimum atomic E-state index is -1.83. The zero-order chi connectivity index (χ0) is 20.0. The number of hydrogen-bond donors (Lipinski definition) is 0. The van der Waals surface area contributed by atoms with E-state index in [-0.39, 0.29) is 11.0 Å². The molecule has 2 atom stereocenters. The lowest BCUT2D eigenvalue weighted by Crippen LogP contribution is -2.40. The monoisotopic (exact) mass is 386 g/mol. The second-order valence-electron chi connectivity index (χ2n) is 9.65. The predicted molar refractivity (Wildman–Crippen MR) is 113 cm³/mol.